The summed E-state index contributed by atoms with van der Waals surface area (Å²) in [6, 6.07) is 18.2. The van der Waals surface area contributed by atoms with Crippen molar-refractivity contribution in [1.82, 2.24) is 14.7 Å². The lowest BCUT2D eigenvalue weighted by Gasteiger charge is -2.28. The summed E-state index contributed by atoms with van der Waals surface area (Å²) in [4.78, 5) is 18.1. The minimum atomic E-state index is -0.121. The number of hydrogen-bond acceptors (Lipinski definition) is 5. The van der Waals surface area contributed by atoms with E-state index in [2.05, 4.69) is 40.3 Å². The topological polar surface area (TPSA) is 74.4 Å². The largest absolute Gasteiger partial charge is 0.497 e. The molecule has 2 aromatic carbocycles. The molecule has 3 heterocycles. The van der Waals surface area contributed by atoms with E-state index in [1.54, 1.807) is 11.8 Å². The lowest BCUT2D eigenvalue weighted by molar-refractivity contribution is 0.0973. The molecule has 3 aromatic rings. The quantitative estimate of drug-likeness (QED) is 0.498. The van der Waals surface area contributed by atoms with Gasteiger partial charge >= 0.3 is 0 Å². The van der Waals surface area contributed by atoms with E-state index < -0.39 is 0 Å². The van der Waals surface area contributed by atoms with Crippen LogP contribution in [0.15, 0.2) is 48.5 Å². The van der Waals surface area contributed by atoms with Gasteiger partial charge in [-0.2, -0.15) is 10.4 Å². The van der Waals surface area contributed by atoms with Gasteiger partial charge in [0, 0.05) is 17.8 Å². The Labute approximate surface area is 211 Å². The van der Waals surface area contributed by atoms with E-state index in [0.717, 1.165) is 22.7 Å². The summed E-state index contributed by atoms with van der Waals surface area (Å²) >= 11 is 0. The molecule has 0 radical (unpaired) electrons. The summed E-state index contributed by atoms with van der Waals surface area (Å²) < 4.78 is 6.86. The second kappa shape index (κ2) is 9.11. The first-order chi connectivity index (χ1) is 17.6. The minimum Gasteiger partial charge on any atom is -0.497 e. The molecule has 1 amide bonds. The Morgan fingerprint density at radius 2 is 1.69 bits per heavy atom. The standard InChI is InChI=1S/C29H31N5O2/c1-36-24-10-8-23(9-11-24)34-27-25(26(20-30)31-34)12-18-33(28(27)35)22-6-4-21(5-7-22)29(13-14-29)15-19-32-16-2-3-17-32/h4-11H,2-3,12-19H2,1H3. The van der Waals surface area contributed by atoms with Gasteiger partial charge in [0.2, 0.25) is 0 Å². The van der Waals surface area contributed by atoms with Crippen LogP contribution in [0.1, 0.15) is 59.4 Å². The van der Waals surface area contributed by atoms with Crippen molar-refractivity contribution in [2.24, 2.45) is 0 Å². The number of carbonyl (C=O) groups is 1. The Bertz CT molecular complexity index is 1310. The van der Waals surface area contributed by atoms with E-state index in [9.17, 15) is 10.1 Å². The molecule has 7 heteroatoms. The summed E-state index contributed by atoms with van der Waals surface area (Å²) in [6.45, 7) is 4.21. The SMILES string of the molecule is COc1ccc(-n2nc(C#N)c3c2C(=O)N(c2ccc(C4(CCN5CCCC5)CC4)cc2)CC3)cc1. The van der Waals surface area contributed by atoms with Crippen LogP contribution in [0.3, 0.4) is 0 Å². The Morgan fingerprint density at radius 3 is 2.33 bits per heavy atom. The zero-order valence-electron chi connectivity index (χ0n) is 20.7. The van der Waals surface area contributed by atoms with Gasteiger partial charge < -0.3 is 14.5 Å². The number of fused-ring (bicyclic) bond motifs is 1. The van der Waals surface area contributed by atoms with Crippen molar-refractivity contribution in [1.29, 1.82) is 5.26 Å². The molecule has 0 spiro atoms. The number of ether oxygens (including phenoxy) is 1. The molecule has 0 bridgehead atoms. The number of anilines is 1. The van der Waals surface area contributed by atoms with Crippen molar-refractivity contribution < 1.29 is 9.53 Å². The molecule has 1 saturated carbocycles. The van der Waals surface area contributed by atoms with Crippen molar-refractivity contribution >= 4 is 11.6 Å². The van der Waals surface area contributed by atoms with Gasteiger partial charge in [-0.05, 0) is 106 Å². The van der Waals surface area contributed by atoms with E-state index in [4.69, 9.17) is 4.74 Å². The summed E-state index contributed by atoms with van der Waals surface area (Å²) in [6.07, 6.45) is 6.99. The predicted molar refractivity (Wildman–Crippen MR) is 138 cm³/mol. The van der Waals surface area contributed by atoms with Gasteiger partial charge in [0.05, 0.1) is 12.8 Å². The second-order valence-corrected chi connectivity index (χ2v) is 10.2. The van der Waals surface area contributed by atoms with Gasteiger partial charge in [-0.15, -0.1) is 0 Å². The molecule has 3 aliphatic rings. The van der Waals surface area contributed by atoms with E-state index >= 15 is 0 Å². The van der Waals surface area contributed by atoms with Gasteiger partial charge in [0.15, 0.2) is 5.69 Å². The van der Waals surface area contributed by atoms with Crippen molar-refractivity contribution in [3.05, 3.63) is 71.0 Å². The van der Waals surface area contributed by atoms with Crippen molar-refractivity contribution in [2.45, 2.75) is 43.9 Å². The number of amides is 1. The summed E-state index contributed by atoms with van der Waals surface area (Å²) in [5.41, 5.74) is 4.85. The van der Waals surface area contributed by atoms with Crippen LogP contribution in [0.25, 0.3) is 5.69 Å². The van der Waals surface area contributed by atoms with E-state index in [1.165, 1.54) is 57.3 Å². The molecular weight excluding hydrogens is 450 g/mol. The van der Waals surface area contributed by atoms with E-state index in [1.807, 2.05) is 29.2 Å². The fourth-order valence-corrected chi connectivity index (χ4v) is 5.81. The smallest absolute Gasteiger partial charge is 0.277 e. The summed E-state index contributed by atoms with van der Waals surface area (Å²) in [5.74, 6) is 0.603. The van der Waals surface area contributed by atoms with Crippen LogP contribution < -0.4 is 9.64 Å². The molecule has 1 saturated heterocycles. The average molecular weight is 482 g/mol. The number of methoxy groups -OCH3 is 1. The second-order valence-electron chi connectivity index (χ2n) is 10.2. The number of likely N-dealkylation sites (tertiary alicyclic amines) is 1. The maximum atomic E-state index is 13.7. The number of nitriles is 1. The molecule has 0 N–H and O–H groups in total. The van der Waals surface area contributed by atoms with Crippen LogP contribution in [0.4, 0.5) is 5.69 Å². The third kappa shape index (κ3) is 3.96. The molecule has 1 aliphatic carbocycles. The molecule has 0 unspecified atom stereocenters. The Kier molecular flexibility index (Phi) is 5.77. The van der Waals surface area contributed by atoms with Gasteiger partial charge in [0.25, 0.3) is 5.91 Å². The predicted octanol–water partition coefficient (Wildman–Crippen LogP) is 4.47. The molecule has 6 rings (SSSR count). The monoisotopic (exact) mass is 481 g/mol. The maximum Gasteiger partial charge on any atom is 0.277 e. The third-order valence-electron chi connectivity index (χ3n) is 8.19. The molecule has 36 heavy (non-hydrogen) atoms. The van der Waals surface area contributed by atoms with Gasteiger partial charge in [-0.25, -0.2) is 4.68 Å². The van der Waals surface area contributed by atoms with Crippen molar-refractivity contribution in [2.75, 3.05) is 38.2 Å². The van der Waals surface area contributed by atoms with Gasteiger partial charge in [-0.1, -0.05) is 12.1 Å². The Balaban J connectivity index is 1.25. The number of rotatable bonds is 7. The van der Waals surface area contributed by atoms with Crippen LogP contribution >= 0.6 is 0 Å². The average Bonchev–Trinajstić information content (AvgIpc) is 3.34. The lowest BCUT2D eigenvalue weighted by atomic mass is 9.91. The Morgan fingerprint density at radius 1 is 1.00 bits per heavy atom. The molecule has 0 atom stereocenters. The molecule has 2 aliphatic heterocycles. The molecule has 184 valence electrons. The van der Waals surface area contributed by atoms with Crippen LogP contribution in [-0.4, -0.2) is 53.9 Å². The Hall–Kier alpha value is -3.63. The minimum absolute atomic E-state index is 0.121. The fraction of sp³-hybridized carbons (Fsp3) is 0.414. The van der Waals surface area contributed by atoms with Crippen LogP contribution in [0.5, 0.6) is 5.75 Å². The summed E-state index contributed by atoms with van der Waals surface area (Å²) in [7, 11) is 1.61. The van der Waals surface area contributed by atoms with Gasteiger partial charge in [0.1, 0.15) is 17.5 Å². The summed E-state index contributed by atoms with van der Waals surface area (Å²) in [5, 5.41) is 14.1. The molecule has 2 fully saturated rings. The van der Waals surface area contributed by atoms with E-state index in [0.29, 0.717) is 29.8 Å². The number of aromatic nitrogens is 2. The highest BCUT2D eigenvalue weighted by molar-refractivity contribution is 6.07. The zero-order chi connectivity index (χ0) is 24.7. The number of hydrogen-bond donors (Lipinski definition) is 0. The first kappa shape index (κ1) is 22.8. The van der Waals surface area contributed by atoms with Crippen molar-refractivity contribution in [3.63, 3.8) is 0 Å². The van der Waals surface area contributed by atoms with Crippen molar-refractivity contribution in [3.8, 4) is 17.5 Å². The van der Waals surface area contributed by atoms with Crippen LogP contribution in [-0.2, 0) is 11.8 Å². The zero-order valence-corrected chi connectivity index (χ0v) is 20.7. The number of nitrogens with zero attached hydrogens (tertiary/aromatic N) is 5. The normalized spacial score (nSPS) is 18.7. The highest BCUT2D eigenvalue weighted by Crippen LogP contribution is 2.51. The number of benzene rings is 2. The van der Waals surface area contributed by atoms with Gasteiger partial charge in [-0.3, -0.25) is 4.79 Å². The highest BCUT2D eigenvalue weighted by Gasteiger charge is 2.44. The number of carbonyl (C=O) groups excluding carboxylic acids is 1. The van der Waals surface area contributed by atoms with Crippen LogP contribution in [0.2, 0.25) is 0 Å². The lowest BCUT2D eigenvalue weighted by Crippen LogP contribution is -2.38. The maximum absolute atomic E-state index is 13.7. The first-order valence-corrected chi connectivity index (χ1v) is 12.9. The molecule has 1 aromatic heterocycles. The fourth-order valence-electron chi connectivity index (χ4n) is 5.81. The van der Waals surface area contributed by atoms with E-state index in [-0.39, 0.29) is 5.91 Å². The third-order valence-corrected chi connectivity index (χ3v) is 8.19. The van der Waals surface area contributed by atoms with Crippen LogP contribution in [0, 0.1) is 11.3 Å². The molecular formula is C29H31N5O2. The first-order valence-electron chi connectivity index (χ1n) is 12.9. The molecule has 7 nitrogen and oxygen atoms in total. The highest BCUT2D eigenvalue weighted by atomic mass is 16.5.